The van der Waals surface area contributed by atoms with Gasteiger partial charge in [-0.05, 0) is 60.5 Å². The van der Waals surface area contributed by atoms with Gasteiger partial charge in [0.2, 0.25) is 0 Å². The zero-order chi connectivity index (χ0) is 22.2. The van der Waals surface area contributed by atoms with Gasteiger partial charge in [0.05, 0.1) is 12.2 Å². The normalized spacial score (nSPS) is 24.7. The van der Waals surface area contributed by atoms with Crippen molar-refractivity contribution in [3.8, 4) is 5.75 Å². The Hall–Kier alpha value is -1.13. The number of halogens is 1. The number of nitrogens with zero attached hydrogens (tertiary/aromatic N) is 3. The molecule has 1 saturated heterocycles. The first-order chi connectivity index (χ1) is 14.7. The third-order valence-corrected chi connectivity index (χ3v) is 7.93. The summed E-state index contributed by atoms with van der Waals surface area (Å²) < 4.78 is 6.12. The van der Waals surface area contributed by atoms with Crippen LogP contribution in [0.1, 0.15) is 71.8 Å². The van der Waals surface area contributed by atoms with Crippen molar-refractivity contribution in [2.45, 2.75) is 66.2 Å². The first kappa shape index (κ1) is 25.5. The summed E-state index contributed by atoms with van der Waals surface area (Å²) in [4.78, 5) is 7.67. The van der Waals surface area contributed by atoms with Gasteiger partial charge in [-0.3, -0.25) is 4.90 Å². The van der Waals surface area contributed by atoms with E-state index in [1.54, 1.807) is 5.56 Å². The fourth-order valence-electron chi connectivity index (χ4n) is 5.96. The van der Waals surface area contributed by atoms with E-state index in [1.807, 2.05) is 0 Å². The highest BCUT2D eigenvalue weighted by atomic mass is 35.5. The van der Waals surface area contributed by atoms with Gasteiger partial charge in [-0.2, -0.15) is 0 Å². The molecule has 2 heterocycles. The van der Waals surface area contributed by atoms with E-state index < -0.39 is 0 Å². The Morgan fingerprint density at radius 1 is 0.938 bits per heavy atom. The summed E-state index contributed by atoms with van der Waals surface area (Å²) in [6, 6.07) is 4.88. The lowest BCUT2D eigenvalue weighted by Crippen LogP contribution is -2.47. The summed E-state index contributed by atoms with van der Waals surface area (Å²) in [5.41, 5.74) is 4.77. The van der Waals surface area contributed by atoms with E-state index in [4.69, 9.17) is 4.74 Å². The van der Waals surface area contributed by atoms with Crippen LogP contribution in [0.15, 0.2) is 12.1 Å². The molecular formula is C27H46ClN3O. The second-order valence-corrected chi connectivity index (χ2v) is 11.7. The monoisotopic (exact) mass is 463 g/mol. The Kier molecular flexibility index (Phi) is 8.30. The van der Waals surface area contributed by atoms with Crippen LogP contribution in [0.3, 0.4) is 0 Å². The summed E-state index contributed by atoms with van der Waals surface area (Å²) in [5.74, 6) is 3.37. The number of hydrogen-bond donors (Lipinski definition) is 0. The van der Waals surface area contributed by atoms with Crippen molar-refractivity contribution >= 4 is 23.8 Å². The van der Waals surface area contributed by atoms with Crippen molar-refractivity contribution in [2.75, 3.05) is 62.7 Å². The smallest absolute Gasteiger partial charge is 0.144 e. The van der Waals surface area contributed by atoms with Crippen LogP contribution in [-0.4, -0.2) is 57.8 Å². The molecule has 2 fully saturated rings. The summed E-state index contributed by atoms with van der Waals surface area (Å²) >= 11 is 0. The van der Waals surface area contributed by atoms with Crippen LogP contribution < -0.4 is 14.5 Å². The summed E-state index contributed by atoms with van der Waals surface area (Å²) in [6.07, 6.45) is 5.37. The Balaban J connectivity index is 0.00000289. The summed E-state index contributed by atoms with van der Waals surface area (Å²) in [6.45, 7) is 19.5. The molecule has 0 atom stereocenters. The molecule has 1 saturated carbocycles. The van der Waals surface area contributed by atoms with Gasteiger partial charge in [0.25, 0.3) is 0 Å². The van der Waals surface area contributed by atoms with Crippen molar-refractivity contribution in [1.29, 1.82) is 0 Å². The first-order valence-electron chi connectivity index (χ1n) is 12.7. The van der Waals surface area contributed by atoms with Crippen molar-refractivity contribution in [1.82, 2.24) is 4.90 Å². The van der Waals surface area contributed by atoms with Crippen LogP contribution >= 0.6 is 12.4 Å². The topological polar surface area (TPSA) is 19.0 Å². The van der Waals surface area contributed by atoms with Gasteiger partial charge in [0, 0.05) is 51.5 Å². The molecule has 1 aromatic carbocycles. The molecule has 0 radical (unpaired) electrons. The zero-order valence-electron chi connectivity index (χ0n) is 21.3. The second-order valence-electron chi connectivity index (χ2n) is 11.7. The highest BCUT2D eigenvalue weighted by Gasteiger charge is 2.33. The molecule has 4 nitrogen and oxygen atoms in total. The second kappa shape index (κ2) is 10.4. The molecule has 4 rings (SSSR count). The molecule has 0 unspecified atom stereocenters. The van der Waals surface area contributed by atoms with E-state index in [-0.39, 0.29) is 12.4 Å². The lowest BCUT2D eigenvalue weighted by atomic mass is 9.68. The van der Waals surface area contributed by atoms with Gasteiger partial charge in [0.15, 0.2) is 0 Å². The molecule has 32 heavy (non-hydrogen) atoms. The largest absolute Gasteiger partial charge is 0.489 e. The number of ether oxygens (including phenoxy) is 1. The van der Waals surface area contributed by atoms with Gasteiger partial charge in [0.1, 0.15) is 12.4 Å². The number of rotatable bonds is 4. The third-order valence-electron chi connectivity index (χ3n) is 7.93. The summed E-state index contributed by atoms with van der Waals surface area (Å²) in [7, 11) is 2.21. The molecule has 1 aliphatic carbocycles. The maximum absolute atomic E-state index is 6.12. The predicted octanol–water partition coefficient (Wildman–Crippen LogP) is 6.03. The standard InChI is InChI=1S/C27H45N3O.ClH/c1-20(2)19-29-11-13-30(14-12-29)24-18-26-25(28(6)15-16-31-26)17-23(24)21-7-9-22(10-8-21)27(3,4)5;/h17-18,20-22H,7-16,19H2,1-6H3;1H. The van der Waals surface area contributed by atoms with Crippen LogP contribution in [0.2, 0.25) is 0 Å². The number of hydrogen-bond acceptors (Lipinski definition) is 4. The van der Waals surface area contributed by atoms with Gasteiger partial charge in [-0.15, -0.1) is 12.4 Å². The molecular weight excluding hydrogens is 418 g/mol. The van der Waals surface area contributed by atoms with Crippen molar-refractivity contribution < 1.29 is 4.74 Å². The quantitative estimate of drug-likeness (QED) is 0.542. The van der Waals surface area contributed by atoms with Crippen LogP contribution in [-0.2, 0) is 0 Å². The maximum Gasteiger partial charge on any atom is 0.144 e. The molecule has 3 aliphatic rings. The number of anilines is 2. The molecule has 0 amide bonds. The van der Waals surface area contributed by atoms with E-state index in [9.17, 15) is 0 Å². The van der Waals surface area contributed by atoms with Crippen LogP contribution in [0.5, 0.6) is 5.75 Å². The third kappa shape index (κ3) is 5.67. The average molecular weight is 464 g/mol. The Labute approximate surface area is 203 Å². The molecule has 0 spiro atoms. The fraction of sp³-hybridized carbons (Fsp3) is 0.778. The number of piperazine rings is 1. The lowest BCUT2D eigenvalue weighted by Gasteiger charge is -2.41. The van der Waals surface area contributed by atoms with Crippen molar-refractivity contribution in [2.24, 2.45) is 17.3 Å². The van der Waals surface area contributed by atoms with Crippen LogP contribution in [0, 0.1) is 17.3 Å². The highest BCUT2D eigenvalue weighted by molar-refractivity contribution is 5.85. The van der Waals surface area contributed by atoms with Gasteiger partial charge in [-0.1, -0.05) is 34.6 Å². The minimum Gasteiger partial charge on any atom is -0.489 e. The van der Waals surface area contributed by atoms with Crippen LogP contribution in [0.4, 0.5) is 11.4 Å². The van der Waals surface area contributed by atoms with Crippen molar-refractivity contribution in [3.63, 3.8) is 0 Å². The summed E-state index contributed by atoms with van der Waals surface area (Å²) in [5, 5.41) is 0. The molecule has 0 aromatic heterocycles. The Bertz CT molecular complexity index is 744. The van der Waals surface area contributed by atoms with Gasteiger partial charge < -0.3 is 14.5 Å². The molecule has 182 valence electrons. The van der Waals surface area contributed by atoms with Gasteiger partial charge in [-0.25, -0.2) is 0 Å². The number of benzene rings is 1. The molecule has 1 aromatic rings. The van der Waals surface area contributed by atoms with E-state index in [0.29, 0.717) is 11.3 Å². The Morgan fingerprint density at radius 3 is 2.19 bits per heavy atom. The number of fused-ring (bicyclic) bond motifs is 1. The zero-order valence-corrected chi connectivity index (χ0v) is 22.1. The van der Waals surface area contributed by atoms with E-state index in [0.717, 1.165) is 43.8 Å². The predicted molar refractivity (Wildman–Crippen MR) is 140 cm³/mol. The van der Waals surface area contributed by atoms with E-state index in [1.165, 1.54) is 56.7 Å². The Morgan fingerprint density at radius 2 is 1.59 bits per heavy atom. The molecule has 0 bridgehead atoms. The minimum atomic E-state index is 0. The maximum atomic E-state index is 6.12. The lowest BCUT2D eigenvalue weighted by molar-refractivity contribution is 0.169. The van der Waals surface area contributed by atoms with Gasteiger partial charge >= 0.3 is 0 Å². The molecule has 5 heteroatoms. The average Bonchev–Trinajstić information content (AvgIpc) is 2.73. The van der Waals surface area contributed by atoms with E-state index >= 15 is 0 Å². The van der Waals surface area contributed by atoms with E-state index in [2.05, 4.69) is 68.5 Å². The molecule has 2 aliphatic heterocycles. The fourth-order valence-corrected chi connectivity index (χ4v) is 5.96. The SMILES string of the molecule is CC(C)CN1CCN(c2cc3c(cc2C2CCC(C(C)(C)C)CC2)N(C)CCO3)CC1.Cl. The first-order valence-corrected chi connectivity index (χ1v) is 12.7. The number of likely N-dealkylation sites (N-methyl/N-ethyl adjacent to an activating group) is 1. The minimum absolute atomic E-state index is 0. The molecule has 0 N–H and O–H groups in total. The van der Waals surface area contributed by atoms with Crippen molar-refractivity contribution in [3.05, 3.63) is 17.7 Å². The van der Waals surface area contributed by atoms with Crippen LogP contribution in [0.25, 0.3) is 0 Å². The highest BCUT2D eigenvalue weighted by Crippen LogP contribution is 2.48.